The van der Waals surface area contributed by atoms with E-state index >= 15 is 0 Å². The molecule has 5 nitrogen and oxygen atoms in total. The van der Waals surface area contributed by atoms with Gasteiger partial charge in [0.1, 0.15) is 0 Å². The Labute approximate surface area is 129 Å². The van der Waals surface area contributed by atoms with Crippen LogP contribution in [0.2, 0.25) is 5.02 Å². The first-order valence-electron chi connectivity index (χ1n) is 6.60. The molecule has 1 N–H and O–H groups in total. The zero-order valence-corrected chi connectivity index (χ0v) is 12.7. The number of halogens is 1. The van der Waals surface area contributed by atoms with E-state index in [0.717, 1.165) is 5.56 Å². The Kier molecular flexibility index (Phi) is 7.08. The zero-order valence-electron chi connectivity index (χ0n) is 11.9. The molecule has 0 bridgehead atoms. The number of hydrogen-bond acceptors (Lipinski definition) is 4. The lowest BCUT2D eigenvalue weighted by atomic mass is 10.2. The molecular formula is C15H17ClN4O. The molecule has 21 heavy (non-hydrogen) atoms. The molecule has 0 radical (unpaired) electrons. The maximum absolute atomic E-state index is 12.1. The lowest BCUT2D eigenvalue weighted by Crippen LogP contribution is -2.37. The molecule has 0 saturated heterocycles. The highest BCUT2D eigenvalue weighted by molar-refractivity contribution is 6.34. The molecule has 0 heterocycles. The van der Waals surface area contributed by atoms with Gasteiger partial charge in [0.2, 0.25) is 5.91 Å². The summed E-state index contributed by atoms with van der Waals surface area (Å²) in [5, 5.41) is 20.8. The topological polar surface area (TPSA) is 79.9 Å². The third kappa shape index (κ3) is 5.33. The summed E-state index contributed by atoms with van der Waals surface area (Å²) in [6.07, 6.45) is 0.505. The number of aryl methyl sites for hydroxylation is 1. The van der Waals surface area contributed by atoms with Gasteiger partial charge in [-0.3, -0.25) is 4.79 Å². The van der Waals surface area contributed by atoms with Crippen LogP contribution in [-0.2, 0) is 4.79 Å². The number of benzene rings is 1. The molecule has 0 aliphatic rings. The van der Waals surface area contributed by atoms with Gasteiger partial charge in [-0.25, -0.2) is 0 Å². The number of nitriles is 2. The average molecular weight is 305 g/mol. The minimum Gasteiger partial charge on any atom is -0.375 e. The van der Waals surface area contributed by atoms with Crippen molar-refractivity contribution in [3.05, 3.63) is 28.8 Å². The van der Waals surface area contributed by atoms with Gasteiger partial charge in [0.05, 0.1) is 42.2 Å². The molecule has 0 saturated carbocycles. The van der Waals surface area contributed by atoms with E-state index in [1.807, 2.05) is 31.2 Å². The predicted molar refractivity (Wildman–Crippen MR) is 81.7 cm³/mol. The SMILES string of the molecule is Cc1cccc(NCC(=O)N(CCC#N)CCC#N)c1Cl. The molecule has 0 unspecified atom stereocenters. The summed E-state index contributed by atoms with van der Waals surface area (Å²) in [6, 6.07) is 9.55. The quantitative estimate of drug-likeness (QED) is 0.840. The van der Waals surface area contributed by atoms with Crippen LogP contribution in [0.15, 0.2) is 18.2 Å². The van der Waals surface area contributed by atoms with Gasteiger partial charge in [0.25, 0.3) is 0 Å². The number of rotatable bonds is 7. The largest absolute Gasteiger partial charge is 0.375 e. The highest BCUT2D eigenvalue weighted by Crippen LogP contribution is 2.24. The first-order chi connectivity index (χ1) is 10.1. The van der Waals surface area contributed by atoms with E-state index in [1.54, 1.807) is 6.07 Å². The van der Waals surface area contributed by atoms with Crippen molar-refractivity contribution in [2.24, 2.45) is 0 Å². The molecule has 1 aromatic rings. The summed E-state index contributed by atoms with van der Waals surface area (Å²) in [7, 11) is 0. The van der Waals surface area contributed by atoms with Gasteiger partial charge in [-0.15, -0.1) is 0 Å². The Balaban J connectivity index is 2.62. The van der Waals surface area contributed by atoms with Crippen molar-refractivity contribution in [2.75, 3.05) is 25.0 Å². The van der Waals surface area contributed by atoms with Crippen LogP contribution in [0.4, 0.5) is 5.69 Å². The summed E-state index contributed by atoms with van der Waals surface area (Å²) < 4.78 is 0. The maximum Gasteiger partial charge on any atom is 0.241 e. The molecule has 0 aliphatic heterocycles. The van der Waals surface area contributed by atoms with Crippen molar-refractivity contribution in [3.63, 3.8) is 0 Å². The van der Waals surface area contributed by atoms with Gasteiger partial charge in [0, 0.05) is 13.1 Å². The summed E-state index contributed by atoms with van der Waals surface area (Å²) in [6.45, 7) is 2.64. The molecule has 6 heteroatoms. The second-order valence-corrected chi connectivity index (χ2v) is 4.86. The molecule has 0 fully saturated rings. The molecule has 0 aliphatic carbocycles. The number of anilines is 1. The summed E-state index contributed by atoms with van der Waals surface area (Å²) >= 11 is 6.15. The zero-order chi connectivity index (χ0) is 15.7. The smallest absolute Gasteiger partial charge is 0.241 e. The van der Waals surface area contributed by atoms with Crippen molar-refractivity contribution >= 4 is 23.2 Å². The lowest BCUT2D eigenvalue weighted by molar-refractivity contribution is -0.129. The van der Waals surface area contributed by atoms with E-state index in [-0.39, 0.29) is 25.3 Å². The number of amides is 1. The van der Waals surface area contributed by atoms with Crippen LogP contribution >= 0.6 is 11.6 Å². The van der Waals surface area contributed by atoms with Gasteiger partial charge >= 0.3 is 0 Å². The standard InChI is InChI=1S/C15H17ClN4O/c1-12-5-2-6-13(15(12)16)19-11-14(21)20(9-3-7-17)10-4-8-18/h2,5-6,19H,3-4,9-11H2,1H3. The second-order valence-electron chi connectivity index (χ2n) is 4.49. The minimum atomic E-state index is -0.155. The lowest BCUT2D eigenvalue weighted by Gasteiger charge is -2.21. The normalized spacial score (nSPS) is 9.52. The molecular weight excluding hydrogens is 288 g/mol. The van der Waals surface area contributed by atoms with E-state index in [9.17, 15) is 4.79 Å². The third-order valence-electron chi connectivity index (χ3n) is 2.96. The summed E-state index contributed by atoms with van der Waals surface area (Å²) in [5.74, 6) is -0.155. The van der Waals surface area contributed by atoms with Crippen LogP contribution in [0.1, 0.15) is 18.4 Å². The van der Waals surface area contributed by atoms with Crippen LogP contribution in [-0.4, -0.2) is 30.4 Å². The highest BCUT2D eigenvalue weighted by Gasteiger charge is 2.13. The third-order valence-corrected chi connectivity index (χ3v) is 3.46. The molecule has 1 amide bonds. The number of hydrogen-bond donors (Lipinski definition) is 1. The van der Waals surface area contributed by atoms with Crippen molar-refractivity contribution < 1.29 is 4.79 Å². The molecule has 0 spiro atoms. The Morgan fingerprint density at radius 2 is 1.90 bits per heavy atom. The first kappa shape index (κ1) is 16.8. The predicted octanol–water partition coefficient (Wildman–Crippen LogP) is 2.72. The average Bonchev–Trinajstić information content (AvgIpc) is 2.48. The summed E-state index contributed by atoms with van der Waals surface area (Å²) in [5.41, 5.74) is 1.63. The van der Waals surface area contributed by atoms with Gasteiger partial charge < -0.3 is 10.2 Å². The maximum atomic E-state index is 12.1. The fourth-order valence-electron chi connectivity index (χ4n) is 1.80. The Hall–Kier alpha value is -2.24. The molecule has 110 valence electrons. The monoisotopic (exact) mass is 304 g/mol. The number of carbonyl (C=O) groups excluding carboxylic acids is 1. The van der Waals surface area contributed by atoms with Crippen LogP contribution in [0, 0.1) is 29.6 Å². The van der Waals surface area contributed by atoms with Crippen LogP contribution < -0.4 is 5.32 Å². The Bertz CT molecular complexity index is 556. The number of nitrogens with one attached hydrogen (secondary N) is 1. The Morgan fingerprint density at radius 3 is 2.48 bits per heavy atom. The van der Waals surface area contributed by atoms with E-state index in [0.29, 0.717) is 23.8 Å². The van der Waals surface area contributed by atoms with Crippen LogP contribution in [0.3, 0.4) is 0 Å². The van der Waals surface area contributed by atoms with Crippen molar-refractivity contribution in [1.82, 2.24) is 4.90 Å². The van der Waals surface area contributed by atoms with Gasteiger partial charge in [-0.2, -0.15) is 10.5 Å². The highest BCUT2D eigenvalue weighted by atomic mass is 35.5. The van der Waals surface area contributed by atoms with Gasteiger partial charge in [-0.1, -0.05) is 23.7 Å². The Morgan fingerprint density at radius 1 is 1.29 bits per heavy atom. The summed E-state index contributed by atoms with van der Waals surface area (Å²) in [4.78, 5) is 13.6. The van der Waals surface area contributed by atoms with E-state index < -0.39 is 0 Å². The van der Waals surface area contributed by atoms with Crippen molar-refractivity contribution in [1.29, 1.82) is 10.5 Å². The molecule has 1 rings (SSSR count). The van der Waals surface area contributed by atoms with Crippen molar-refractivity contribution in [2.45, 2.75) is 19.8 Å². The van der Waals surface area contributed by atoms with Crippen molar-refractivity contribution in [3.8, 4) is 12.1 Å². The first-order valence-corrected chi connectivity index (χ1v) is 6.98. The molecule has 0 aromatic heterocycles. The number of carbonyl (C=O) groups is 1. The van der Waals surface area contributed by atoms with Crippen LogP contribution in [0.25, 0.3) is 0 Å². The van der Waals surface area contributed by atoms with Gasteiger partial charge in [0.15, 0.2) is 0 Å². The van der Waals surface area contributed by atoms with Crippen LogP contribution in [0.5, 0.6) is 0 Å². The van der Waals surface area contributed by atoms with E-state index in [1.165, 1.54) is 4.90 Å². The van der Waals surface area contributed by atoms with E-state index in [2.05, 4.69) is 5.32 Å². The van der Waals surface area contributed by atoms with E-state index in [4.69, 9.17) is 22.1 Å². The van der Waals surface area contributed by atoms with Gasteiger partial charge in [-0.05, 0) is 18.6 Å². The number of nitrogens with zero attached hydrogens (tertiary/aromatic N) is 3. The fraction of sp³-hybridized carbons (Fsp3) is 0.400. The minimum absolute atomic E-state index is 0.0834. The molecule has 0 atom stereocenters. The second kappa shape index (κ2) is 8.84. The fourth-order valence-corrected chi connectivity index (χ4v) is 1.99. The molecule has 1 aromatic carbocycles.